The number of ether oxygens (including phenoxy) is 1. The Morgan fingerprint density at radius 3 is 2.62 bits per heavy atom. The van der Waals surface area contributed by atoms with Crippen LogP contribution in [0.15, 0.2) is 65.5 Å². The summed E-state index contributed by atoms with van der Waals surface area (Å²) in [5, 5.41) is 0. The minimum atomic E-state index is -0.0786. The van der Waals surface area contributed by atoms with Crippen molar-refractivity contribution in [2.24, 2.45) is 0 Å². The molecule has 0 aliphatic carbocycles. The largest absolute Gasteiger partial charge is 0.376 e. The molecule has 1 aromatic heterocycles. The molecule has 0 spiro atoms. The highest BCUT2D eigenvalue weighted by molar-refractivity contribution is 7.96. The van der Waals surface area contributed by atoms with Gasteiger partial charge in [0.25, 0.3) is 5.56 Å². The number of H-pyrrole nitrogens is 1. The molecule has 2 aromatic carbocycles. The topological polar surface area (TPSA) is 58.2 Å². The lowest BCUT2D eigenvalue weighted by Crippen LogP contribution is -2.28. The number of aromatic nitrogens is 2. The minimum Gasteiger partial charge on any atom is -0.376 e. The van der Waals surface area contributed by atoms with Gasteiger partial charge in [0.05, 0.1) is 31.0 Å². The molecule has 1 N–H and O–H groups in total. The zero-order valence-electron chi connectivity index (χ0n) is 16.5. The second-order valence-electron chi connectivity index (χ2n) is 7.16. The van der Waals surface area contributed by atoms with Gasteiger partial charge in [0.2, 0.25) is 0 Å². The van der Waals surface area contributed by atoms with E-state index in [0.29, 0.717) is 37.6 Å². The maximum Gasteiger partial charge on any atom is 0.256 e. The highest BCUT2D eigenvalue weighted by Gasteiger charge is 2.21. The predicted octanol–water partition coefficient (Wildman–Crippen LogP) is 4.25. The molecule has 0 saturated carbocycles. The van der Waals surface area contributed by atoms with Crippen LogP contribution in [0.1, 0.15) is 41.2 Å². The van der Waals surface area contributed by atoms with Crippen LogP contribution in [0.2, 0.25) is 0 Å². The SMILES string of the molecule is CC(c1ccccc1)N(Cc1nc2c(c(=O)[nH]1)COCC2)SCc1ccccc1. The Labute approximate surface area is 175 Å². The zero-order chi connectivity index (χ0) is 20.1. The van der Waals surface area contributed by atoms with Gasteiger partial charge in [-0.15, -0.1) is 0 Å². The minimum absolute atomic E-state index is 0.0786. The van der Waals surface area contributed by atoms with Crippen LogP contribution in [0, 0.1) is 0 Å². The second kappa shape index (κ2) is 9.39. The van der Waals surface area contributed by atoms with Gasteiger partial charge < -0.3 is 9.72 Å². The molecule has 2 heterocycles. The molecule has 0 fully saturated rings. The first-order chi connectivity index (χ1) is 14.2. The van der Waals surface area contributed by atoms with Crippen molar-refractivity contribution < 1.29 is 4.74 Å². The first kappa shape index (κ1) is 19.9. The van der Waals surface area contributed by atoms with Crippen molar-refractivity contribution in [3.63, 3.8) is 0 Å². The van der Waals surface area contributed by atoms with E-state index < -0.39 is 0 Å². The maximum atomic E-state index is 12.5. The van der Waals surface area contributed by atoms with Crippen molar-refractivity contribution in [3.8, 4) is 0 Å². The summed E-state index contributed by atoms with van der Waals surface area (Å²) in [6.07, 6.45) is 0.692. The van der Waals surface area contributed by atoms with Gasteiger partial charge in [0.15, 0.2) is 0 Å². The highest BCUT2D eigenvalue weighted by Crippen LogP contribution is 2.30. The van der Waals surface area contributed by atoms with E-state index in [9.17, 15) is 4.79 Å². The standard InChI is InChI=1S/C23H25N3O2S/c1-17(19-10-6-3-7-11-19)26(29-16-18-8-4-2-5-9-18)14-22-24-21-12-13-28-15-20(21)23(27)25-22/h2-11,17H,12-16H2,1H3,(H,24,25,27). The Balaban J connectivity index is 1.58. The van der Waals surface area contributed by atoms with E-state index in [1.54, 1.807) is 11.9 Å². The van der Waals surface area contributed by atoms with Gasteiger partial charge in [0.1, 0.15) is 5.82 Å². The number of rotatable bonds is 7. The van der Waals surface area contributed by atoms with Crippen molar-refractivity contribution in [1.29, 1.82) is 0 Å². The van der Waals surface area contributed by atoms with Gasteiger partial charge >= 0.3 is 0 Å². The van der Waals surface area contributed by atoms with Gasteiger partial charge in [-0.2, -0.15) is 0 Å². The summed E-state index contributed by atoms with van der Waals surface area (Å²) in [6, 6.07) is 21.0. The fourth-order valence-electron chi connectivity index (χ4n) is 3.44. The van der Waals surface area contributed by atoms with Gasteiger partial charge in [-0.3, -0.25) is 4.79 Å². The molecule has 0 bridgehead atoms. The molecule has 5 nitrogen and oxygen atoms in total. The molecular weight excluding hydrogens is 382 g/mol. The van der Waals surface area contributed by atoms with Crippen molar-refractivity contribution >= 4 is 11.9 Å². The van der Waals surface area contributed by atoms with Crippen molar-refractivity contribution in [2.45, 2.75) is 38.3 Å². The monoisotopic (exact) mass is 407 g/mol. The van der Waals surface area contributed by atoms with Crippen LogP contribution in [-0.4, -0.2) is 20.9 Å². The number of nitrogens with one attached hydrogen (secondary N) is 1. The highest BCUT2D eigenvalue weighted by atomic mass is 32.2. The summed E-state index contributed by atoms with van der Waals surface area (Å²) in [4.78, 5) is 20.2. The van der Waals surface area contributed by atoms with E-state index in [1.165, 1.54) is 11.1 Å². The quantitative estimate of drug-likeness (QED) is 0.593. The summed E-state index contributed by atoms with van der Waals surface area (Å²) in [5.41, 5.74) is 3.97. The van der Waals surface area contributed by atoms with E-state index in [4.69, 9.17) is 9.72 Å². The summed E-state index contributed by atoms with van der Waals surface area (Å²) in [6.45, 7) is 3.73. The summed E-state index contributed by atoms with van der Waals surface area (Å²) >= 11 is 1.76. The molecule has 6 heteroatoms. The molecule has 4 rings (SSSR count). The van der Waals surface area contributed by atoms with E-state index in [1.807, 2.05) is 12.1 Å². The van der Waals surface area contributed by atoms with Crippen LogP contribution in [0.4, 0.5) is 0 Å². The number of fused-ring (bicyclic) bond motifs is 1. The van der Waals surface area contributed by atoms with Crippen molar-refractivity contribution in [3.05, 3.63) is 99.2 Å². The van der Waals surface area contributed by atoms with Crippen LogP contribution in [0.25, 0.3) is 0 Å². The Morgan fingerprint density at radius 1 is 1.14 bits per heavy atom. The van der Waals surface area contributed by atoms with Crippen molar-refractivity contribution in [2.75, 3.05) is 6.61 Å². The third-order valence-corrected chi connectivity index (χ3v) is 6.38. The molecule has 1 aliphatic rings. The first-order valence-electron chi connectivity index (χ1n) is 9.88. The smallest absolute Gasteiger partial charge is 0.256 e. The van der Waals surface area contributed by atoms with E-state index in [-0.39, 0.29) is 11.6 Å². The van der Waals surface area contributed by atoms with Crippen LogP contribution >= 0.6 is 11.9 Å². The summed E-state index contributed by atoms with van der Waals surface area (Å²) in [5.74, 6) is 1.57. The molecule has 150 valence electrons. The normalized spacial score (nSPS) is 14.6. The van der Waals surface area contributed by atoms with Gasteiger partial charge in [-0.1, -0.05) is 72.6 Å². The molecular formula is C23H25N3O2S. The first-order valence-corrected chi connectivity index (χ1v) is 10.8. The Bertz CT molecular complexity index is 992. The fourth-order valence-corrected chi connectivity index (χ4v) is 4.51. The molecule has 1 atom stereocenters. The maximum absolute atomic E-state index is 12.5. The number of hydrogen-bond donors (Lipinski definition) is 1. The van der Waals surface area contributed by atoms with Gasteiger partial charge in [-0.25, -0.2) is 9.29 Å². The molecule has 0 saturated heterocycles. The van der Waals surface area contributed by atoms with Gasteiger partial charge in [0, 0.05) is 18.2 Å². The van der Waals surface area contributed by atoms with E-state index >= 15 is 0 Å². The van der Waals surface area contributed by atoms with Crippen LogP contribution in [0.3, 0.4) is 0 Å². The Morgan fingerprint density at radius 2 is 1.86 bits per heavy atom. The number of aromatic amines is 1. The lowest BCUT2D eigenvalue weighted by Gasteiger charge is -2.28. The predicted molar refractivity (Wildman–Crippen MR) is 116 cm³/mol. The average Bonchev–Trinajstić information content (AvgIpc) is 2.77. The number of hydrogen-bond acceptors (Lipinski definition) is 5. The van der Waals surface area contributed by atoms with Gasteiger partial charge in [-0.05, 0) is 18.1 Å². The molecule has 0 radical (unpaired) electrons. The molecule has 29 heavy (non-hydrogen) atoms. The third kappa shape index (κ3) is 4.96. The van der Waals surface area contributed by atoms with E-state index in [0.717, 1.165) is 11.4 Å². The lowest BCUT2D eigenvalue weighted by molar-refractivity contribution is 0.107. The van der Waals surface area contributed by atoms with E-state index in [2.05, 4.69) is 64.7 Å². The molecule has 1 unspecified atom stereocenters. The number of benzene rings is 2. The Hall–Kier alpha value is -2.41. The van der Waals surface area contributed by atoms with Crippen molar-refractivity contribution in [1.82, 2.24) is 14.3 Å². The molecule has 3 aromatic rings. The molecule has 0 amide bonds. The Kier molecular flexibility index (Phi) is 6.44. The summed E-state index contributed by atoms with van der Waals surface area (Å²) in [7, 11) is 0. The second-order valence-corrected chi connectivity index (χ2v) is 8.18. The number of nitrogens with zero attached hydrogens (tertiary/aromatic N) is 2. The average molecular weight is 408 g/mol. The van der Waals surface area contributed by atoms with Crippen LogP contribution in [0.5, 0.6) is 0 Å². The molecule has 1 aliphatic heterocycles. The lowest BCUT2D eigenvalue weighted by atomic mass is 10.1. The third-order valence-electron chi connectivity index (χ3n) is 5.14. The summed E-state index contributed by atoms with van der Waals surface area (Å²) < 4.78 is 7.70. The fraction of sp³-hybridized carbons (Fsp3) is 0.304. The van der Waals surface area contributed by atoms with Crippen LogP contribution in [-0.2, 0) is 30.1 Å². The zero-order valence-corrected chi connectivity index (χ0v) is 17.3. The van der Waals surface area contributed by atoms with Crippen LogP contribution < -0.4 is 5.56 Å².